The molecule has 3 aromatic rings. The second kappa shape index (κ2) is 6.75. The van der Waals surface area contributed by atoms with Crippen LogP contribution in [0.3, 0.4) is 0 Å². The minimum absolute atomic E-state index is 0.0887. The number of sulfonamides is 1. The highest BCUT2D eigenvalue weighted by atomic mass is 32.2. The third-order valence-corrected chi connectivity index (χ3v) is 6.13. The number of nitrogens with one attached hydrogen (secondary N) is 1. The summed E-state index contributed by atoms with van der Waals surface area (Å²) in [4.78, 5) is 4.53. The monoisotopic (exact) mass is 381 g/mol. The van der Waals surface area contributed by atoms with Crippen LogP contribution in [0, 0.1) is 0 Å². The zero-order chi connectivity index (χ0) is 18.1. The van der Waals surface area contributed by atoms with Gasteiger partial charge in [-0.05, 0) is 37.4 Å². The number of thiophene rings is 1. The topological polar surface area (TPSA) is 97.4 Å². The molecule has 0 amide bonds. The molecule has 3 aromatic heterocycles. The smallest absolute Gasteiger partial charge is 0.259 e. The van der Waals surface area contributed by atoms with E-state index in [2.05, 4.69) is 9.71 Å². The first-order valence-corrected chi connectivity index (χ1v) is 10.0. The van der Waals surface area contributed by atoms with E-state index in [9.17, 15) is 13.5 Å². The summed E-state index contributed by atoms with van der Waals surface area (Å²) >= 11 is 1.32. The molecule has 0 fully saturated rings. The molecule has 3 heterocycles. The molecule has 9 heteroatoms. The van der Waals surface area contributed by atoms with E-state index >= 15 is 0 Å². The Kier molecular flexibility index (Phi) is 4.83. The number of nitrogens with zero attached hydrogens (tertiary/aromatic N) is 2. The Balaban J connectivity index is 1.86. The van der Waals surface area contributed by atoms with Crippen LogP contribution in [0.4, 0.5) is 0 Å². The van der Waals surface area contributed by atoms with Gasteiger partial charge < -0.3 is 14.1 Å². The van der Waals surface area contributed by atoms with Crippen molar-refractivity contribution in [2.45, 2.75) is 30.5 Å². The molecule has 3 rings (SSSR count). The molecule has 7 nitrogen and oxygen atoms in total. The van der Waals surface area contributed by atoms with E-state index in [0.29, 0.717) is 4.88 Å². The van der Waals surface area contributed by atoms with E-state index in [0.717, 1.165) is 0 Å². The summed E-state index contributed by atoms with van der Waals surface area (Å²) in [5.74, 6) is 0.269. The number of furan rings is 1. The highest BCUT2D eigenvalue weighted by molar-refractivity contribution is 7.89. The normalized spacial score (nSPS) is 14.7. The zero-order valence-electron chi connectivity index (χ0n) is 13.8. The van der Waals surface area contributed by atoms with E-state index in [1.54, 1.807) is 28.8 Å². The molecule has 0 bridgehead atoms. The largest absolute Gasteiger partial charge is 0.466 e. The van der Waals surface area contributed by atoms with Gasteiger partial charge in [-0.3, -0.25) is 0 Å². The molecule has 0 unspecified atom stereocenters. The summed E-state index contributed by atoms with van der Waals surface area (Å²) in [7, 11) is -3.87. The van der Waals surface area contributed by atoms with Crippen LogP contribution in [-0.2, 0) is 15.6 Å². The summed E-state index contributed by atoms with van der Waals surface area (Å²) in [6, 6.07) is 6.87. The minimum Gasteiger partial charge on any atom is -0.466 e. The first-order valence-electron chi connectivity index (χ1n) is 7.66. The summed E-state index contributed by atoms with van der Waals surface area (Å²) in [6.45, 7) is 3.59. The first-order chi connectivity index (χ1) is 11.8. The fourth-order valence-electron chi connectivity index (χ4n) is 2.34. The van der Waals surface area contributed by atoms with Crippen molar-refractivity contribution in [3.8, 4) is 0 Å². The number of hydrogen-bond acceptors (Lipinski definition) is 6. The molecule has 0 saturated heterocycles. The van der Waals surface area contributed by atoms with Crippen LogP contribution in [0.25, 0.3) is 0 Å². The van der Waals surface area contributed by atoms with Crippen molar-refractivity contribution < 1.29 is 17.9 Å². The molecule has 0 saturated carbocycles. The Morgan fingerprint density at radius 2 is 2.20 bits per heavy atom. The van der Waals surface area contributed by atoms with Crippen molar-refractivity contribution in [3.05, 3.63) is 59.1 Å². The van der Waals surface area contributed by atoms with Crippen molar-refractivity contribution >= 4 is 21.4 Å². The second-order valence-corrected chi connectivity index (χ2v) is 8.55. The van der Waals surface area contributed by atoms with Crippen molar-refractivity contribution in [2.75, 3.05) is 6.54 Å². The maximum absolute atomic E-state index is 12.5. The molecule has 0 aliphatic carbocycles. The van der Waals surface area contributed by atoms with E-state index in [1.165, 1.54) is 30.1 Å². The van der Waals surface area contributed by atoms with E-state index < -0.39 is 15.6 Å². The van der Waals surface area contributed by atoms with Crippen LogP contribution in [0.15, 0.2) is 57.9 Å². The van der Waals surface area contributed by atoms with Crippen LogP contribution >= 0.6 is 11.3 Å². The lowest BCUT2D eigenvalue weighted by atomic mass is 9.99. The molecular formula is C16H19N3O4S2. The van der Waals surface area contributed by atoms with Crippen molar-refractivity contribution in [2.24, 2.45) is 0 Å². The number of imidazole rings is 1. The molecule has 0 aliphatic rings. The lowest BCUT2D eigenvalue weighted by Gasteiger charge is -2.25. The molecule has 0 aliphatic heterocycles. The van der Waals surface area contributed by atoms with E-state index in [1.807, 2.05) is 19.2 Å². The summed E-state index contributed by atoms with van der Waals surface area (Å²) in [5, 5.41) is 12.8. The Bertz CT molecular complexity index is 878. The Hall–Kier alpha value is -1.94. The van der Waals surface area contributed by atoms with Gasteiger partial charge in [0.1, 0.15) is 5.76 Å². The van der Waals surface area contributed by atoms with Gasteiger partial charge in [0.05, 0.1) is 19.1 Å². The fourth-order valence-corrected chi connectivity index (χ4v) is 4.16. The summed E-state index contributed by atoms with van der Waals surface area (Å²) in [6.07, 6.45) is 4.37. The van der Waals surface area contributed by atoms with Gasteiger partial charge in [0.25, 0.3) is 10.0 Å². The lowest BCUT2D eigenvalue weighted by Crippen LogP contribution is -2.41. The molecule has 0 radical (unpaired) electrons. The molecule has 134 valence electrons. The number of hydrogen-bond donors (Lipinski definition) is 2. The molecule has 1 atom stereocenters. The van der Waals surface area contributed by atoms with Gasteiger partial charge in [-0.2, -0.15) is 0 Å². The molecule has 25 heavy (non-hydrogen) atoms. The maximum atomic E-state index is 12.5. The minimum atomic E-state index is -3.87. The first kappa shape index (κ1) is 17.9. The van der Waals surface area contributed by atoms with Gasteiger partial charge in [0.2, 0.25) is 0 Å². The van der Waals surface area contributed by atoms with Crippen molar-refractivity contribution in [1.82, 2.24) is 14.3 Å². The van der Waals surface area contributed by atoms with E-state index in [-0.39, 0.29) is 23.4 Å². The van der Waals surface area contributed by atoms with Crippen molar-refractivity contribution in [3.63, 3.8) is 0 Å². The Labute approximate surface area is 150 Å². The van der Waals surface area contributed by atoms with Crippen LogP contribution in [0.2, 0.25) is 0 Å². The Morgan fingerprint density at radius 1 is 1.40 bits per heavy atom. The number of rotatable bonds is 7. The van der Waals surface area contributed by atoms with Crippen molar-refractivity contribution in [1.29, 1.82) is 0 Å². The van der Waals surface area contributed by atoms with Gasteiger partial charge >= 0.3 is 0 Å². The van der Waals surface area contributed by atoms with Gasteiger partial charge in [-0.1, -0.05) is 6.07 Å². The maximum Gasteiger partial charge on any atom is 0.259 e. The van der Waals surface area contributed by atoms with Gasteiger partial charge in [-0.25, -0.2) is 18.1 Å². The number of aromatic nitrogens is 2. The third kappa shape index (κ3) is 3.54. The fraction of sp³-hybridized carbons (Fsp3) is 0.312. The SMILES string of the molecule is CC(C)n1cnc(S(=O)(=O)NC[C@@](O)(c2ccco2)c2cccs2)c1. The predicted octanol–water partition coefficient (Wildman–Crippen LogP) is 2.33. The van der Waals surface area contributed by atoms with Gasteiger partial charge in [0, 0.05) is 17.1 Å². The summed E-state index contributed by atoms with van der Waals surface area (Å²) in [5.41, 5.74) is -1.59. The highest BCUT2D eigenvalue weighted by Crippen LogP contribution is 2.33. The second-order valence-electron chi connectivity index (χ2n) is 5.89. The highest BCUT2D eigenvalue weighted by Gasteiger charge is 2.37. The van der Waals surface area contributed by atoms with Crippen LogP contribution in [0.1, 0.15) is 30.5 Å². The Morgan fingerprint density at radius 3 is 2.76 bits per heavy atom. The predicted molar refractivity (Wildman–Crippen MR) is 93.8 cm³/mol. The summed E-state index contributed by atoms with van der Waals surface area (Å²) < 4.78 is 34.5. The van der Waals surface area contributed by atoms with Gasteiger partial charge in [0.15, 0.2) is 10.6 Å². The molecule has 2 N–H and O–H groups in total. The third-order valence-electron chi connectivity index (χ3n) is 3.83. The average Bonchev–Trinajstić information content (AvgIpc) is 3.35. The molecule has 0 spiro atoms. The van der Waals surface area contributed by atoms with Crippen LogP contribution in [0.5, 0.6) is 0 Å². The van der Waals surface area contributed by atoms with E-state index in [4.69, 9.17) is 4.42 Å². The molecular weight excluding hydrogens is 362 g/mol. The van der Waals surface area contributed by atoms with Crippen LogP contribution < -0.4 is 4.72 Å². The standard InChI is InChI=1S/C16H19N3O4S2/c1-12(2)19-9-15(17-11-19)25(21,22)18-10-16(20,13-5-3-7-23-13)14-6-4-8-24-14/h3-9,11-12,18,20H,10H2,1-2H3/t16-/m1/s1. The van der Waals surface area contributed by atoms with Gasteiger partial charge in [-0.15, -0.1) is 11.3 Å². The average molecular weight is 381 g/mol. The zero-order valence-corrected chi connectivity index (χ0v) is 15.4. The quantitative estimate of drug-likeness (QED) is 0.655. The number of aliphatic hydroxyl groups is 1. The molecule has 0 aromatic carbocycles. The lowest BCUT2D eigenvalue weighted by molar-refractivity contribution is 0.0655. The van der Waals surface area contributed by atoms with Crippen LogP contribution in [-0.4, -0.2) is 29.6 Å².